The molecule has 22 heteroatoms. The number of imide groups is 2. The van der Waals surface area contributed by atoms with Gasteiger partial charge in [0.25, 0.3) is 23.6 Å². The molecule has 0 aliphatic carbocycles. The molecule has 2 heterocycles. The van der Waals surface area contributed by atoms with Crippen molar-refractivity contribution in [3.63, 3.8) is 0 Å². The van der Waals surface area contributed by atoms with E-state index in [0.717, 1.165) is 7.05 Å². The number of nitrogens with zero attached hydrogens (tertiary/aromatic N) is 2. The lowest BCUT2D eigenvalue weighted by atomic mass is 10.1. The minimum atomic E-state index is -2.46. The van der Waals surface area contributed by atoms with Crippen molar-refractivity contribution in [1.82, 2.24) is 4.90 Å². The maximum absolute atomic E-state index is 15.8. The van der Waals surface area contributed by atoms with E-state index in [1.54, 1.807) is 0 Å². The molecule has 4 aromatic carbocycles. The zero-order valence-corrected chi connectivity index (χ0v) is 27.7. The Balaban J connectivity index is 1.45. The molecule has 0 saturated carbocycles. The smallest absolute Gasteiger partial charge is 0.269 e. The number of rotatable bonds is 5. The predicted molar refractivity (Wildman–Crippen MR) is 158 cm³/mol. The molecule has 2 aliphatic heterocycles. The molecule has 52 heavy (non-hydrogen) atoms. The molecule has 8 nitrogen and oxygen atoms in total. The highest BCUT2D eigenvalue weighted by Gasteiger charge is 2.48. The molecule has 4 amide bonds. The van der Waals surface area contributed by atoms with Gasteiger partial charge < -0.3 is 9.47 Å². The highest BCUT2D eigenvalue weighted by Crippen LogP contribution is 2.54. The summed E-state index contributed by atoms with van der Waals surface area (Å²) in [6.07, 6.45) is 0. The van der Waals surface area contributed by atoms with Crippen molar-refractivity contribution in [2.45, 2.75) is 6.92 Å². The van der Waals surface area contributed by atoms with Crippen LogP contribution in [0.15, 0.2) is 0 Å². The normalized spacial score (nSPS) is 13.8. The number of carbonyl (C=O) groups is 4. The first-order valence-corrected chi connectivity index (χ1v) is 14.9. The SMILES string of the molecule is Cc1c(F)c(F)c(F)c(N2C(=O)c3c(F)c(F)c(Oc4c(Cl)c(Cl)c(Oc5c(F)c(F)c6c(c5F)C(=O)N(C)C6=O)c(Cl)c4Cl)c(F)c3C2=O)c1F. The van der Waals surface area contributed by atoms with Gasteiger partial charge in [-0.2, -0.15) is 8.78 Å². The van der Waals surface area contributed by atoms with Gasteiger partial charge in [0, 0.05) is 12.6 Å². The summed E-state index contributed by atoms with van der Waals surface area (Å²) >= 11 is 24.3. The summed E-state index contributed by atoms with van der Waals surface area (Å²) in [4.78, 5) is 50.1. The lowest BCUT2D eigenvalue weighted by Gasteiger charge is -2.18. The van der Waals surface area contributed by atoms with E-state index in [1.165, 1.54) is 0 Å². The van der Waals surface area contributed by atoms with Crippen LogP contribution < -0.4 is 14.4 Å². The van der Waals surface area contributed by atoms with E-state index in [-0.39, 0.29) is 4.90 Å². The van der Waals surface area contributed by atoms with Crippen molar-refractivity contribution in [2.75, 3.05) is 11.9 Å². The van der Waals surface area contributed by atoms with E-state index in [9.17, 15) is 45.5 Å². The zero-order valence-electron chi connectivity index (χ0n) is 24.6. The van der Waals surface area contributed by atoms with E-state index >= 15 is 17.6 Å². The standard InChI is InChI=1S/C30H6Cl4F10N2O6/c1-3-12(35)18(41)19(42)22(13(3)36)46-29(49)5-7(30(46)50)17(40)26(21(44)15(5)38)52-24-10(33)8(31)23(9(32)11(24)34)51-25-16(39)6-4(14(37)20(25)43)27(47)45(2)28(6)48/h1-2H3. The molecule has 0 aromatic heterocycles. The van der Waals surface area contributed by atoms with Crippen LogP contribution in [-0.2, 0) is 0 Å². The summed E-state index contributed by atoms with van der Waals surface area (Å²) < 4.78 is 159. The number of carbonyl (C=O) groups excluding carboxylic acids is 4. The average molecular weight is 822 g/mol. The number of halogens is 14. The summed E-state index contributed by atoms with van der Waals surface area (Å²) in [6.45, 7) is 0.570. The zero-order chi connectivity index (χ0) is 38.7. The van der Waals surface area contributed by atoms with Gasteiger partial charge in [0.2, 0.25) is 23.1 Å². The Hall–Kier alpha value is -4.78. The Kier molecular flexibility index (Phi) is 8.84. The molecular weight excluding hydrogens is 816 g/mol. The summed E-state index contributed by atoms with van der Waals surface area (Å²) in [5.74, 6) is -35.1. The van der Waals surface area contributed by atoms with E-state index in [1.807, 2.05) is 0 Å². The first kappa shape index (κ1) is 37.0. The molecular formula is C30H6Cl4F10N2O6. The van der Waals surface area contributed by atoms with E-state index in [0.29, 0.717) is 6.92 Å². The van der Waals surface area contributed by atoms with E-state index in [4.69, 9.17) is 55.9 Å². The fourth-order valence-corrected chi connectivity index (χ4v) is 6.09. The second-order valence-corrected chi connectivity index (χ2v) is 12.0. The minimum absolute atomic E-state index is 0.265. The molecule has 0 N–H and O–H groups in total. The molecule has 6 rings (SSSR count). The third-order valence-electron chi connectivity index (χ3n) is 7.71. The van der Waals surface area contributed by atoms with Crippen molar-refractivity contribution in [3.05, 3.63) is 106 Å². The van der Waals surface area contributed by atoms with Crippen LogP contribution in [0, 0.1) is 65.1 Å². The number of anilines is 1. The first-order chi connectivity index (χ1) is 24.2. The van der Waals surface area contributed by atoms with Gasteiger partial charge in [-0.25, -0.2) is 40.0 Å². The Morgan fingerprint density at radius 1 is 0.423 bits per heavy atom. The maximum Gasteiger partial charge on any atom is 0.269 e. The van der Waals surface area contributed by atoms with Crippen LogP contribution in [0.3, 0.4) is 0 Å². The van der Waals surface area contributed by atoms with Gasteiger partial charge in [0.05, 0.1) is 22.3 Å². The first-order valence-electron chi connectivity index (χ1n) is 13.3. The third kappa shape index (κ3) is 4.84. The third-order valence-corrected chi connectivity index (χ3v) is 9.34. The highest BCUT2D eigenvalue weighted by molar-refractivity contribution is 6.50. The van der Waals surface area contributed by atoms with Crippen molar-refractivity contribution in [2.24, 2.45) is 0 Å². The molecule has 270 valence electrons. The molecule has 0 radical (unpaired) electrons. The molecule has 0 fully saturated rings. The van der Waals surface area contributed by atoms with Crippen molar-refractivity contribution in [3.8, 4) is 23.0 Å². The lowest BCUT2D eigenvalue weighted by molar-refractivity contribution is 0.0689. The largest absolute Gasteiger partial charge is 0.448 e. The van der Waals surface area contributed by atoms with Crippen LogP contribution in [0.2, 0.25) is 20.1 Å². The van der Waals surface area contributed by atoms with Crippen LogP contribution in [-0.4, -0.2) is 35.6 Å². The number of ether oxygens (including phenoxy) is 2. The summed E-state index contributed by atoms with van der Waals surface area (Å²) in [6, 6.07) is 0. The van der Waals surface area contributed by atoms with Crippen molar-refractivity contribution < 1.29 is 72.6 Å². The van der Waals surface area contributed by atoms with Gasteiger partial charge in [0.1, 0.15) is 25.8 Å². The second-order valence-electron chi connectivity index (χ2n) is 10.5. The van der Waals surface area contributed by atoms with Gasteiger partial charge in [-0.3, -0.25) is 24.1 Å². The van der Waals surface area contributed by atoms with Crippen LogP contribution in [0.1, 0.15) is 47.0 Å². The van der Waals surface area contributed by atoms with Crippen LogP contribution in [0.25, 0.3) is 0 Å². The topological polar surface area (TPSA) is 93.2 Å². The summed E-state index contributed by atoms with van der Waals surface area (Å²) in [5, 5.41) is -4.32. The van der Waals surface area contributed by atoms with Crippen molar-refractivity contribution in [1.29, 1.82) is 0 Å². The molecule has 4 aromatic rings. The molecule has 0 unspecified atom stereocenters. The summed E-state index contributed by atoms with van der Waals surface area (Å²) in [5.41, 5.74) is -9.16. The van der Waals surface area contributed by atoms with E-state index < -0.39 is 163 Å². The highest BCUT2D eigenvalue weighted by atomic mass is 35.5. The molecule has 0 atom stereocenters. The molecule has 0 bridgehead atoms. The number of hydrogen-bond acceptors (Lipinski definition) is 6. The summed E-state index contributed by atoms with van der Waals surface area (Å²) in [7, 11) is 0.837. The molecule has 0 saturated heterocycles. The van der Waals surface area contributed by atoms with Gasteiger partial charge in [-0.1, -0.05) is 46.4 Å². The van der Waals surface area contributed by atoms with Crippen molar-refractivity contribution >= 4 is 75.7 Å². The second kappa shape index (κ2) is 12.4. The Labute approximate surface area is 300 Å². The number of amides is 4. The van der Waals surface area contributed by atoms with Crippen LogP contribution in [0.4, 0.5) is 49.6 Å². The lowest BCUT2D eigenvalue weighted by Crippen LogP contribution is -2.32. The Bertz CT molecular complexity index is 2390. The average Bonchev–Trinajstić information content (AvgIpc) is 3.50. The fraction of sp³-hybridized carbons (Fsp3) is 0.0667. The number of hydrogen-bond donors (Lipinski definition) is 0. The van der Waals surface area contributed by atoms with Crippen LogP contribution >= 0.6 is 46.4 Å². The van der Waals surface area contributed by atoms with Gasteiger partial charge in [-0.15, -0.1) is 0 Å². The molecule has 2 aliphatic rings. The fourth-order valence-electron chi connectivity index (χ4n) is 5.11. The quantitative estimate of drug-likeness (QED) is 0.0862. The number of fused-ring (bicyclic) bond motifs is 2. The Morgan fingerprint density at radius 3 is 1.17 bits per heavy atom. The number of benzene rings is 4. The predicted octanol–water partition coefficient (Wildman–Crippen LogP) is 9.61. The van der Waals surface area contributed by atoms with Gasteiger partial charge >= 0.3 is 0 Å². The Morgan fingerprint density at radius 2 is 0.769 bits per heavy atom. The maximum atomic E-state index is 15.8. The monoisotopic (exact) mass is 820 g/mol. The minimum Gasteiger partial charge on any atom is -0.448 e. The van der Waals surface area contributed by atoms with Gasteiger partial charge in [0.15, 0.2) is 58.0 Å². The van der Waals surface area contributed by atoms with E-state index in [2.05, 4.69) is 0 Å². The van der Waals surface area contributed by atoms with Crippen LogP contribution in [0.5, 0.6) is 23.0 Å². The van der Waals surface area contributed by atoms with Gasteiger partial charge in [-0.05, 0) is 6.92 Å². The molecule has 0 spiro atoms.